The summed E-state index contributed by atoms with van der Waals surface area (Å²) in [5.41, 5.74) is 2.90. The SMILES string of the molecule is CCc1ccc(-c2nc(C(=O)N3C[C@@H](C)O[C@@H](C)C3)cs2)cc1. The molecule has 1 aliphatic rings. The number of hydrogen-bond donors (Lipinski definition) is 0. The molecule has 0 N–H and O–H groups in total. The zero-order chi connectivity index (χ0) is 16.4. The fraction of sp³-hybridized carbons (Fsp3) is 0.444. The van der Waals surface area contributed by atoms with Crippen LogP contribution in [-0.2, 0) is 11.2 Å². The van der Waals surface area contributed by atoms with E-state index in [4.69, 9.17) is 4.74 Å². The van der Waals surface area contributed by atoms with E-state index >= 15 is 0 Å². The molecule has 4 nitrogen and oxygen atoms in total. The van der Waals surface area contributed by atoms with Gasteiger partial charge in [0.25, 0.3) is 5.91 Å². The number of ether oxygens (including phenoxy) is 1. The molecule has 2 heterocycles. The number of carbonyl (C=O) groups excluding carboxylic acids is 1. The van der Waals surface area contributed by atoms with E-state index in [1.54, 1.807) is 0 Å². The van der Waals surface area contributed by atoms with Gasteiger partial charge in [-0.1, -0.05) is 31.2 Å². The van der Waals surface area contributed by atoms with Gasteiger partial charge in [0.1, 0.15) is 10.7 Å². The van der Waals surface area contributed by atoms with Crippen LogP contribution in [0.2, 0.25) is 0 Å². The molecule has 1 aromatic carbocycles. The fourth-order valence-electron chi connectivity index (χ4n) is 2.89. The summed E-state index contributed by atoms with van der Waals surface area (Å²) in [7, 11) is 0. The van der Waals surface area contributed by atoms with Crippen LogP contribution < -0.4 is 0 Å². The van der Waals surface area contributed by atoms with E-state index in [0.29, 0.717) is 18.8 Å². The van der Waals surface area contributed by atoms with Crippen molar-refractivity contribution in [1.29, 1.82) is 0 Å². The van der Waals surface area contributed by atoms with E-state index in [1.165, 1.54) is 16.9 Å². The maximum atomic E-state index is 12.7. The van der Waals surface area contributed by atoms with Gasteiger partial charge in [0.2, 0.25) is 0 Å². The van der Waals surface area contributed by atoms with Crippen molar-refractivity contribution < 1.29 is 9.53 Å². The molecule has 1 aromatic heterocycles. The Morgan fingerprint density at radius 3 is 2.52 bits per heavy atom. The molecule has 5 heteroatoms. The Hall–Kier alpha value is -1.72. The summed E-state index contributed by atoms with van der Waals surface area (Å²) in [4.78, 5) is 19.0. The summed E-state index contributed by atoms with van der Waals surface area (Å²) >= 11 is 1.52. The average molecular weight is 330 g/mol. The van der Waals surface area contributed by atoms with Crippen LogP contribution in [0.5, 0.6) is 0 Å². The maximum absolute atomic E-state index is 12.7. The topological polar surface area (TPSA) is 42.4 Å². The summed E-state index contributed by atoms with van der Waals surface area (Å²) in [6, 6.07) is 8.38. The van der Waals surface area contributed by atoms with Crippen molar-refractivity contribution in [2.45, 2.75) is 39.4 Å². The van der Waals surface area contributed by atoms with Gasteiger partial charge in [0, 0.05) is 24.0 Å². The molecule has 0 spiro atoms. The highest BCUT2D eigenvalue weighted by Crippen LogP contribution is 2.25. The number of nitrogens with zero attached hydrogens (tertiary/aromatic N) is 2. The first kappa shape index (κ1) is 16.1. The number of aromatic nitrogens is 1. The number of amides is 1. The minimum absolute atomic E-state index is 0.000298. The van der Waals surface area contributed by atoms with Crippen LogP contribution in [0.1, 0.15) is 36.8 Å². The van der Waals surface area contributed by atoms with Crippen molar-refractivity contribution in [1.82, 2.24) is 9.88 Å². The normalized spacial score (nSPS) is 21.4. The van der Waals surface area contributed by atoms with Crippen LogP contribution in [0.25, 0.3) is 10.6 Å². The molecule has 1 amide bonds. The second kappa shape index (κ2) is 6.81. The van der Waals surface area contributed by atoms with Gasteiger partial charge < -0.3 is 9.64 Å². The number of rotatable bonds is 3. The van der Waals surface area contributed by atoms with Crippen LogP contribution in [-0.4, -0.2) is 41.1 Å². The zero-order valence-electron chi connectivity index (χ0n) is 13.8. The molecule has 1 aliphatic heterocycles. The van der Waals surface area contributed by atoms with Crippen LogP contribution in [0.3, 0.4) is 0 Å². The standard InChI is InChI=1S/C18H22N2O2S/c1-4-14-5-7-15(8-6-14)17-19-16(11-23-17)18(21)20-9-12(2)22-13(3)10-20/h5-8,11-13H,4,9-10H2,1-3H3/t12-,13+. The lowest BCUT2D eigenvalue weighted by Gasteiger charge is -2.34. The molecule has 2 atom stereocenters. The highest BCUT2D eigenvalue weighted by molar-refractivity contribution is 7.13. The van der Waals surface area contributed by atoms with E-state index in [0.717, 1.165) is 17.0 Å². The Bertz CT molecular complexity index is 671. The fourth-order valence-corrected chi connectivity index (χ4v) is 3.69. The van der Waals surface area contributed by atoms with E-state index in [-0.39, 0.29) is 18.1 Å². The van der Waals surface area contributed by atoms with Crippen molar-refractivity contribution >= 4 is 17.2 Å². The van der Waals surface area contributed by atoms with Gasteiger partial charge >= 0.3 is 0 Å². The molecule has 2 aromatic rings. The monoisotopic (exact) mass is 330 g/mol. The zero-order valence-corrected chi connectivity index (χ0v) is 14.6. The highest BCUT2D eigenvalue weighted by atomic mass is 32.1. The molecule has 0 unspecified atom stereocenters. The maximum Gasteiger partial charge on any atom is 0.273 e. The predicted octanol–water partition coefficient (Wildman–Crippen LogP) is 3.62. The Morgan fingerprint density at radius 2 is 1.91 bits per heavy atom. The van der Waals surface area contributed by atoms with Crippen molar-refractivity contribution in [3.63, 3.8) is 0 Å². The third-order valence-electron chi connectivity index (χ3n) is 4.04. The molecule has 122 valence electrons. The van der Waals surface area contributed by atoms with Crippen molar-refractivity contribution in [3.05, 3.63) is 40.9 Å². The summed E-state index contributed by atoms with van der Waals surface area (Å²) in [6.45, 7) is 7.39. The highest BCUT2D eigenvalue weighted by Gasteiger charge is 2.27. The number of hydrogen-bond acceptors (Lipinski definition) is 4. The lowest BCUT2D eigenvalue weighted by atomic mass is 10.1. The molecular weight excluding hydrogens is 308 g/mol. The van der Waals surface area contributed by atoms with Crippen LogP contribution in [0, 0.1) is 0 Å². The van der Waals surface area contributed by atoms with Gasteiger partial charge in [-0.3, -0.25) is 4.79 Å². The Balaban J connectivity index is 1.76. The third-order valence-corrected chi connectivity index (χ3v) is 4.93. The largest absolute Gasteiger partial charge is 0.372 e. The number of benzene rings is 1. The summed E-state index contributed by atoms with van der Waals surface area (Å²) in [6.07, 6.45) is 1.17. The molecule has 3 rings (SSSR count). The molecule has 1 fully saturated rings. The van der Waals surface area contributed by atoms with Crippen LogP contribution >= 0.6 is 11.3 Å². The lowest BCUT2D eigenvalue weighted by Crippen LogP contribution is -2.48. The predicted molar refractivity (Wildman–Crippen MR) is 92.8 cm³/mol. The molecule has 0 radical (unpaired) electrons. The third kappa shape index (κ3) is 3.62. The molecular formula is C18H22N2O2S. The number of aryl methyl sites for hydroxylation is 1. The number of thiazole rings is 1. The van der Waals surface area contributed by atoms with Gasteiger partial charge in [-0.05, 0) is 25.8 Å². The van der Waals surface area contributed by atoms with Gasteiger partial charge in [-0.15, -0.1) is 11.3 Å². The Kier molecular flexibility index (Phi) is 4.78. The first-order chi connectivity index (χ1) is 11.1. The average Bonchev–Trinajstić information content (AvgIpc) is 3.03. The van der Waals surface area contributed by atoms with Gasteiger partial charge in [-0.2, -0.15) is 0 Å². The second-order valence-corrected chi connectivity index (χ2v) is 6.91. The van der Waals surface area contributed by atoms with Gasteiger partial charge in [0.05, 0.1) is 12.2 Å². The Morgan fingerprint density at radius 1 is 1.26 bits per heavy atom. The summed E-state index contributed by atoms with van der Waals surface area (Å²) in [5.74, 6) is -0.000298. The number of carbonyl (C=O) groups is 1. The quantitative estimate of drug-likeness (QED) is 0.863. The van der Waals surface area contributed by atoms with E-state index < -0.39 is 0 Å². The van der Waals surface area contributed by atoms with E-state index in [1.807, 2.05) is 24.1 Å². The first-order valence-electron chi connectivity index (χ1n) is 8.06. The first-order valence-corrected chi connectivity index (χ1v) is 8.94. The van der Waals surface area contributed by atoms with Crippen LogP contribution in [0.4, 0.5) is 0 Å². The van der Waals surface area contributed by atoms with Crippen molar-refractivity contribution in [2.75, 3.05) is 13.1 Å². The van der Waals surface area contributed by atoms with Gasteiger partial charge in [-0.25, -0.2) is 4.98 Å². The van der Waals surface area contributed by atoms with E-state index in [9.17, 15) is 4.79 Å². The van der Waals surface area contributed by atoms with Crippen molar-refractivity contribution in [2.24, 2.45) is 0 Å². The minimum Gasteiger partial charge on any atom is -0.372 e. The van der Waals surface area contributed by atoms with Crippen molar-refractivity contribution in [3.8, 4) is 10.6 Å². The molecule has 23 heavy (non-hydrogen) atoms. The van der Waals surface area contributed by atoms with Gasteiger partial charge in [0.15, 0.2) is 0 Å². The summed E-state index contributed by atoms with van der Waals surface area (Å²) < 4.78 is 5.69. The molecule has 0 aliphatic carbocycles. The molecule has 0 bridgehead atoms. The number of morpholine rings is 1. The molecule has 1 saturated heterocycles. The lowest BCUT2D eigenvalue weighted by molar-refractivity contribution is -0.0587. The van der Waals surface area contributed by atoms with E-state index in [2.05, 4.69) is 36.2 Å². The molecule has 0 saturated carbocycles. The smallest absolute Gasteiger partial charge is 0.273 e. The minimum atomic E-state index is -0.000298. The summed E-state index contributed by atoms with van der Waals surface area (Å²) in [5, 5.41) is 2.75. The van der Waals surface area contributed by atoms with Crippen LogP contribution in [0.15, 0.2) is 29.6 Å². The second-order valence-electron chi connectivity index (χ2n) is 6.06. The Labute approximate surface area is 141 Å².